The van der Waals surface area contributed by atoms with Gasteiger partial charge in [-0.15, -0.1) is 0 Å². The monoisotopic (exact) mass is 359 g/mol. The normalized spacial score (nSPS) is 11.0. The summed E-state index contributed by atoms with van der Waals surface area (Å²) < 4.78 is 6.19. The molecule has 27 heavy (non-hydrogen) atoms. The van der Waals surface area contributed by atoms with Crippen LogP contribution in [0.5, 0.6) is 5.75 Å². The number of rotatable bonds is 8. The SMILES string of the molecule is CNCc1ccc(OCc2ccccc2)c(-c2ccc(CC(C)C)cc2)c1. The minimum Gasteiger partial charge on any atom is -0.488 e. The molecule has 0 aliphatic heterocycles. The van der Waals surface area contributed by atoms with E-state index >= 15 is 0 Å². The molecule has 0 saturated carbocycles. The first-order valence-corrected chi connectivity index (χ1v) is 9.69. The highest BCUT2D eigenvalue weighted by Crippen LogP contribution is 2.32. The van der Waals surface area contributed by atoms with E-state index in [9.17, 15) is 0 Å². The Morgan fingerprint density at radius 1 is 0.815 bits per heavy atom. The van der Waals surface area contributed by atoms with E-state index in [0.29, 0.717) is 12.5 Å². The third-order valence-corrected chi connectivity index (χ3v) is 4.57. The molecule has 0 aliphatic rings. The summed E-state index contributed by atoms with van der Waals surface area (Å²) in [7, 11) is 1.97. The standard InChI is InChI=1S/C25H29NO/c1-19(2)15-20-9-12-23(13-10-20)24-16-22(17-26-3)11-14-25(24)27-18-21-7-5-4-6-8-21/h4-14,16,19,26H,15,17-18H2,1-3H3. The topological polar surface area (TPSA) is 21.3 Å². The molecule has 0 aromatic heterocycles. The summed E-state index contributed by atoms with van der Waals surface area (Å²) in [6.07, 6.45) is 1.11. The molecule has 0 spiro atoms. The second kappa shape index (κ2) is 9.38. The van der Waals surface area contributed by atoms with Crippen LogP contribution in [0, 0.1) is 5.92 Å². The lowest BCUT2D eigenvalue weighted by Crippen LogP contribution is -2.05. The fourth-order valence-corrected chi connectivity index (χ4v) is 3.27. The van der Waals surface area contributed by atoms with Gasteiger partial charge in [-0.25, -0.2) is 0 Å². The third-order valence-electron chi connectivity index (χ3n) is 4.57. The van der Waals surface area contributed by atoms with E-state index < -0.39 is 0 Å². The first kappa shape index (κ1) is 19.2. The van der Waals surface area contributed by atoms with Gasteiger partial charge < -0.3 is 10.1 Å². The van der Waals surface area contributed by atoms with Gasteiger partial charge in [0.25, 0.3) is 0 Å². The molecule has 0 aliphatic carbocycles. The summed E-state index contributed by atoms with van der Waals surface area (Å²) in [4.78, 5) is 0. The maximum absolute atomic E-state index is 6.19. The number of nitrogens with one attached hydrogen (secondary N) is 1. The lowest BCUT2D eigenvalue weighted by molar-refractivity contribution is 0.307. The molecule has 140 valence electrons. The second-order valence-electron chi connectivity index (χ2n) is 7.43. The zero-order chi connectivity index (χ0) is 19.1. The summed E-state index contributed by atoms with van der Waals surface area (Å²) in [6, 6.07) is 25.7. The van der Waals surface area contributed by atoms with E-state index in [-0.39, 0.29) is 0 Å². The zero-order valence-corrected chi connectivity index (χ0v) is 16.5. The average molecular weight is 360 g/mol. The van der Waals surface area contributed by atoms with Crippen LogP contribution in [0.3, 0.4) is 0 Å². The number of hydrogen-bond donors (Lipinski definition) is 1. The second-order valence-corrected chi connectivity index (χ2v) is 7.43. The minimum absolute atomic E-state index is 0.574. The van der Waals surface area contributed by atoms with Gasteiger partial charge in [-0.1, -0.05) is 74.5 Å². The Kier molecular flexibility index (Phi) is 6.67. The Balaban J connectivity index is 1.87. The van der Waals surface area contributed by atoms with Crippen molar-refractivity contribution in [2.75, 3.05) is 7.05 Å². The van der Waals surface area contributed by atoms with Gasteiger partial charge in [0.2, 0.25) is 0 Å². The summed E-state index contributed by atoms with van der Waals surface area (Å²) >= 11 is 0. The first-order valence-electron chi connectivity index (χ1n) is 9.69. The molecule has 0 heterocycles. The van der Waals surface area contributed by atoms with Gasteiger partial charge in [0.1, 0.15) is 12.4 Å². The minimum atomic E-state index is 0.574. The fourth-order valence-electron chi connectivity index (χ4n) is 3.27. The molecule has 3 rings (SSSR count). The molecule has 3 aromatic rings. The van der Waals surface area contributed by atoms with Crippen LogP contribution >= 0.6 is 0 Å². The van der Waals surface area contributed by atoms with Crippen molar-refractivity contribution in [2.24, 2.45) is 5.92 Å². The number of hydrogen-bond acceptors (Lipinski definition) is 2. The molecule has 0 bridgehead atoms. The molecule has 0 atom stereocenters. The van der Waals surface area contributed by atoms with Crippen LogP contribution in [0.25, 0.3) is 11.1 Å². The largest absolute Gasteiger partial charge is 0.488 e. The Labute approximate surface area is 163 Å². The predicted molar refractivity (Wildman–Crippen MR) is 114 cm³/mol. The van der Waals surface area contributed by atoms with Crippen LogP contribution in [0.4, 0.5) is 0 Å². The van der Waals surface area contributed by atoms with E-state index in [1.165, 1.54) is 22.3 Å². The number of benzene rings is 3. The highest BCUT2D eigenvalue weighted by Gasteiger charge is 2.09. The van der Waals surface area contributed by atoms with Crippen LogP contribution in [0.2, 0.25) is 0 Å². The molecule has 0 radical (unpaired) electrons. The summed E-state index contributed by atoms with van der Waals surface area (Å²) in [5, 5.41) is 3.23. The van der Waals surface area contributed by atoms with Crippen molar-refractivity contribution in [1.29, 1.82) is 0 Å². The zero-order valence-electron chi connectivity index (χ0n) is 16.5. The molecule has 0 fully saturated rings. The maximum Gasteiger partial charge on any atom is 0.127 e. The van der Waals surface area contributed by atoms with Crippen molar-refractivity contribution >= 4 is 0 Å². The molecule has 2 nitrogen and oxygen atoms in total. The molecular formula is C25H29NO. The van der Waals surface area contributed by atoms with Crippen molar-refractivity contribution < 1.29 is 4.74 Å². The van der Waals surface area contributed by atoms with Crippen molar-refractivity contribution in [3.05, 3.63) is 89.5 Å². The molecule has 0 saturated heterocycles. The van der Waals surface area contributed by atoms with Gasteiger partial charge in [0, 0.05) is 12.1 Å². The van der Waals surface area contributed by atoms with Gasteiger partial charge in [0.15, 0.2) is 0 Å². The fraction of sp³-hybridized carbons (Fsp3) is 0.280. The lowest BCUT2D eigenvalue weighted by atomic mass is 9.97. The molecule has 0 amide bonds. The van der Waals surface area contributed by atoms with Gasteiger partial charge >= 0.3 is 0 Å². The average Bonchev–Trinajstić information content (AvgIpc) is 2.68. The van der Waals surface area contributed by atoms with Crippen LogP contribution in [0.15, 0.2) is 72.8 Å². The maximum atomic E-state index is 6.19. The van der Waals surface area contributed by atoms with Gasteiger partial charge in [-0.2, -0.15) is 0 Å². The Bertz CT molecular complexity index is 838. The van der Waals surface area contributed by atoms with Crippen LogP contribution in [-0.4, -0.2) is 7.05 Å². The summed E-state index contributed by atoms with van der Waals surface area (Å²) in [5.74, 6) is 1.59. The molecular weight excluding hydrogens is 330 g/mol. The van der Waals surface area contributed by atoms with Gasteiger partial charge in [-0.05, 0) is 53.8 Å². The van der Waals surface area contributed by atoms with Gasteiger partial charge in [-0.3, -0.25) is 0 Å². The van der Waals surface area contributed by atoms with Crippen molar-refractivity contribution in [3.63, 3.8) is 0 Å². The van der Waals surface area contributed by atoms with Gasteiger partial charge in [0.05, 0.1) is 0 Å². The van der Waals surface area contributed by atoms with E-state index in [1.807, 2.05) is 25.2 Å². The summed E-state index contributed by atoms with van der Waals surface area (Å²) in [5.41, 5.74) is 6.16. The predicted octanol–water partition coefficient (Wildman–Crippen LogP) is 5.85. The molecule has 1 N–H and O–H groups in total. The smallest absolute Gasteiger partial charge is 0.127 e. The summed E-state index contributed by atoms with van der Waals surface area (Å²) in [6.45, 7) is 5.93. The van der Waals surface area contributed by atoms with E-state index in [2.05, 4.69) is 73.8 Å². The van der Waals surface area contributed by atoms with Crippen LogP contribution < -0.4 is 10.1 Å². The van der Waals surface area contributed by atoms with E-state index in [0.717, 1.165) is 24.3 Å². The number of ether oxygens (including phenoxy) is 1. The van der Waals surface area contributed by atoms with Crippen LogP contribution in [0.1, 0.15) is 30.5 Å². The highest BCUT2D eigenvalue weighted by atomic mass is 16.5. The third kappa shape index (κ3) is 5.45. The Morgan fingerprint density at radius 2 is 1.52 bits per heavy atom. The lowest BCUT2D eigenvalue weighted by Gasteiger charge is -2.14. The Morgan fingerprint density at radius 3 is 2.19 bits per heavy atom. The van der Waals surface area contributed by atoms with Crippen molar-refractivity contribution in [2.45, 2.75) is 33.4 Å². The molecule has 0 unspecified atom stereocenters. The van der Waals surface area contributed by atoms with E-state index in [4.69, 9.17) is 4.74 Å². The van der Waals surface area contributed by atoms with Crippen LogP contribution in [-0.2, 0) is 19.6 Å². The quantitative estimate of drug-likeness (QED) is 0.545. The molecule has 3 aromatic carbocycles. The van der Waals surface area contributed by atoms with E-state index in [1.54, 1.807) is 0 Å². The van der Waals surface area contributed by atoms with Crippen molar-refractivity contribution in [3.8, 4) is 16.9 Å². The molecule has 2 heteroatoms. The Hall–Kier alpha value is -2.58. The van der Waals surface area contributed by atoms with Crippen molar-refractivity contribution in [1.82, 2.24) is 5.32 Å². The highest BCUT2D eigenvalue weighted by molar-refractivity contribution is 5.71. The first-order chi connectivity index (χ1) is 13.2.